The van der Waals surface area contributed by atoms with Crippen LogP contribution in [0.3, 0.4) is 0 Å². The van der Waals surface area contributed by atoms with Crippen molar-refractivity contribution < 1.29 is 9.53 Å². The van der Waals surface area contributed by atoms with Gasteiger partial charge in [0.15, 0.2) is 0 Å². The third-order valence-corrected chi connectivity index (χ3v) is 5.05. The number of hydrogen-bond acceptors (Lipinski definition) is 3. The number of nitrogens with zero attached hydrogens (tertiary/aromatic N) is 3. The molecule has 2 heterocycles. The van der Waals surface area contributed by atoms with Crippen LogP contribution >= 0.6 is 0 Å². The van der Waals surface area contributed by atoms with Crippen LogP contribution < -0.4 is 4.74 Å². The van der Waals surface area contributed by atoms with E-state index in [1.165, 1.54) is 11.4 Å². The second-order valence-corrected chi connectivity index (χ2v) is 6.60. The number of benzene rings is 1. The average Bonchev–Trinajstić information content (AvgIpc) is 2.97. The molecule has 1 aliphatic rings. The summed E-state index contributed by atoms with van der Waals surface area (Å²) in [5, 5.41) is 0. The first-order chi connectivity index (χ1) is 12.1. The number of carbonyl (C=O) groups is 1. The van der Waals surface area contributed by atoms with E-state index in [0.717, 1.165) is 39.3 Å². The SMILES string of the molecule is COc1ccccc1C(=O)N1CCN(CCn2c(C)ccc2C)CC1. The van der Waals surface area contributed by atoms with E-state index in [9.17, 15) is 4.79 Å². The molecule has 5 heteroatoms. The molecule has 2 aromatic rings. The number of rotatable bonds is 5. The second kappa shape index (κ2) is 7.74. The predicted octanol–water partition coefficient (Wildman–Crippen LogP) is 2.57. The summed E-state index contributed by atoms with van der Waals surface area (Å²) in [5.74, 6) is 0.711. The average molecular weight is 341 g/mol. The summed E-state index contributed by atoms with van der Waals surface area (Å²) in [7, 11) is 1.61. The molecular formula is C20H27N3O2. The number of para-hydroxylation sites is 1. The molecule has 1 saturated heterocycles. The highest BCUT2D eigenvalue weighted by Crippen LogP contribution is 2.20. The third kappa shape index (κ3) is 3.87. The zero-order valence-electron chi connectivity index (χ0n) is 15.4. The Hall–Kier alpha value is -2.27. The second-order valence-electron chi connectivity index (χ2n) is 6.60. The fourth-order valence-corrected chi connectivity index (χ4v) is 3.46. The maximum absolute atomic E-state index is 12.7. The van der Waals surface area contributed by atoms with E-state index in [1.54, 1.807) is 7.11 Å². The highest BCUT2D eigenvalue weighted by Gasteiger charge is 2.24. The summed E-state index contributed by atoms with van der Waals surface area (Å²) in [6.07, 6.45) is 0. The molecule has 0 saturated carbocycles. The lowest BCUT2D eigenvalue weighted by Gasteiger charge is -2.35. The van der Waals surface area contributed by atoms with E-state index in [4.69, 9.17) is 4.74 Å². The van der Waals surface area contributed by atoms with Gasteiger partial charge >= 0.3 is 0 Å². The molecule has 3 rings (SSSR count). The van der Waals surface area contributed by atoms with Crippen molar-refractivity contribution in [1.82, 2.24) is 14.4 Å². The molecule has 1 aliphatic heterocycles. The van der Waals surface area contributed by atoms with Crippen molar-refractivity contribution in [2.45, 2.75) is 20.4 Å². The van der Waals surface area contributed by atoms with Gasteiger partial charge in [0, 0.05) is 50.7 Å². The maximum atomic E-state index is 12.7. The van der Waals surface area contributed by atoms with Gasteiger partial charge in [0.25, 0.3) is 5.91 Å². The van der Waals surface area contributed by atoms with Crippen LogP contribution in [0.4, 0.5) is 0 Å². The molecule has 25 heavy (non-hydrogen) atoms. The summed E-state index contributed by atoms with van der Waals surface area (Å²) in [5.41, 5.74) is 3.27. The molecule has 1 aromatic carbocycles. The van der Waals surface area contributed by atoms with Gasteiger partial charge in [-0.1, -0.05) is 12.1 Å². The lowest BCUT2D eigenvalue weighted by atomic mass is 10.1. The topological polar surface area (TPSA) is 37.7 Å². The molecule has 0 radical (unpaired) electrons. The fraction of sp³-hybridized carbons (Fsp3) is 0.450. The summed E-state index contributed by atoms with van der Waals surface area (Å²) < 4.78 is 7.67. The highest BCUT2D eigenvalue weighted by atomic mass is 16.5. The highest BCUT2D eigenvalue weighted by molar-refractivity contribution is 5.97. The summed E-state index contributed by atoms with van der Waals surface area (Å²) >= 11 is 0. The Morgan fingerprint density at radius 3 is 2.24 bits per heavy atom. The van der Waals surface area contributed by atoms with Gasteiger partial charge in [-0.25, -0.2) is 0 Å². The van der Waals surface area contributed by atoms with Gasteiger partial charge < -0.3 is 14.2 Å². The van der Waals surface area contributed by atoms with Crippen molar-refractivity contribution >= 4 is 5.91 Å². The van der Waals surface area contributed by atoms with Crippen LogP contribution in [0.15, 0.2) is 36.4 Å². The van der Waals surface area contributed by atoms with Gasteiger partial charge in [0.2, 0.25) is 0 Å². The van der Waals surface area contributed by atoms with Crippen molar-refractivity contribution in [1.29, 1.82) is 0 Å². The van der Waals surface area contributed by atoms with E-state index in [1.807, 2.05) is 29.2 Å². The number of aryl methyl sites for hydroxylation is 2. The molecule has 134 valence electrons. The molecule has 1 fully saturated rings. The maximum Gasteiger partial charge on any atom is 0.257 e. The van der Waals surface area contributed by atoms with Crippen molar-refractivity contribution in [3.63, 3.8) is 0 Å². The Morgan fingerprint density at radius 2 is 1.60 bits per heavy atom. The van der Waals surface area contributed by atoms with E-state index >= 15 is 0 Å². The minimum Gasteiger partial charge on any atom is -0.496 e. The van der Waals surface area contributed by atoms with Gasteiger partial charge in [0.05, 0.1) is 12.7 Å². The van der Waals surface area contributed by atoms with Crippen molar-refractivity contribution in [3.8, 4) is 5.75 Å². The Labute approximate surface area is 149 Å². The van der Waals surface area contributed by atoms with E-state index in [0.29, 0.717) is 11.3 Å². The molecule has 1 amide bonds. The van der Waals surface area contributed by atoms with Crippen molar-refractivity contribution in [2.75, 3.05) is 39.8 Å². The summed E-state index contributed by atoms with van der Waals surface area (Å²) in [6.45, 7) is 9.69. The molecular weight excluding hydrogens is 314 g/mol. The quantitative estimate of drug-likeness (QED) is 0.839. The van der Waals surface area contributed by atoms with Crippen molar-refractivity contribution in [2.24, 2.45) is 0 Å². The lowest BCUT2D eigenvalue weighted by Crippen LogP contribution is -2.49. The Kier molecular flexibility index (Phi) is 5.43. The first-order valence-corrected chi connectivity index (χ1v) is 8.87. The van der Waals surface area contributed by atoms with Crippen LogP contribution in [0, 0.1) is 13.8 Å². The third-order valence-electron chi connectivity index (χ3n) is 5.05. The van der Waals surface area contributed by atoms with E-state index < -0.39 is 0 Å². The number of ether oxygens (including phenoxy) is 1. The molecule has 0 atom stereocenters. The number of carbonyl (C=O) groups excluding carboxylic acids is 1. The van der Waals surface area contributed by atoms with Crippen LogP contribution in [0.2, 0.25) is 0 Å². The largest absolute Gasteiger partial charge is 0.496 e. The minimum atomic E-state index is 0.0641. The zero-order chi connectivity index (χ0) is 17.8. The van der Waals surface area contributed by atoms with Crippen LogP contribution in [0.1, 0.15) is 21.7 Å². The van der Waals surface area contributed by atoms with Crippen LogP contribution in [0.5, 0.6) is 5.75 Å². The number of hydrogen-bond donors (Lipinski definition) is 0. The monoisotopic (exact) mass is 341 g/mol. The first-order valence-electron chi connectivity index (χ1n) is 8.87. The normalized spacial score (nSPS) is 15.4. The van der Waals surface area contributed by atoms with Gasteiger partial charge in [-0.2, -0.15) is 0 Å². The number of methoxy groups -OCH3 is 1. The zero-order valence-corrected chi connectivity index (χ0v) is 15.4. The van der Waals surface area contributed by atoms with Crippen LogP contribution in [-0.2, 0) is 6.54 Å². The molecule has 0 spiro atoms. The minimum absolute atomic E-state index is 0.0641. The Bertz CT molecular complexity index is 711. The molecule has 0 unspecified atom stereocenters. The van der Waals surface area contributed by atoms with Crippen LogP contribution in [-0.4, -0.2) is 60.1 Å². The van der Waals surface area contributed by atoms with Gasteiger partial charge in [-0.15, -0.1) is 0 Å². The molecule has 1 aromatic heterocycles. The Morgan fingerprint density at radius 1 is 0.960 bits per heavy atom. The summed E-state index contributed by atoms with van der Waals surface area (Å²) in [6, 6.07) is 11.8. The first kappa shape index (κ1) is 17.5. The molecule has 0 aliphatic carbocycles. The molecule has 5 nitrogen and oxygen atoms in total. The Balaban J connectivity index is 1.54. The smallest absolute Gasteiger partial charge is 0.257 e. The van der Waals surface area contributed by atoms with E-state index in [-0.39, 0.29) is 5.91 Å². The number of amides is 1. The summed E-state index contributed by atoms with van der Waals surface area (Å²) in [4.78, 5) is 17.1. The van der Waals surface area contributed by atoms with E-state index in [2.05, 4.69) is 35.4 Å². The van der Waals surface area contributed by atoms with Crippen LogP contribution in [0.25, 0.3) is 0 Å². The predicted molar refractivity (Wildman–Crippen MR) is 99.2 cm³/mol. The van der Waals surface area contributed by atoms with Gasteiger partial charge in [-0.3, -0.25) is 9.69 Å². The lowest BCUT2D eigenvalue weighted by molar-refractivity contribution is 0.0630. The standard InChI is InChI=1S/C20H27N3O2/c1-16-8-9-17(2)23(16)15-12-21-10-13-22(14-11-21)20(24)18-6-4-5-7-19(18)25-3/h4-9H,10-15H2,1-3H3. The fourth-order valence-electron chi connectivity index (χ4n) is 3.46. The van der Waals surface area contributed by atoms with Crippen molar-refractivity contribution in [3.05, 3.63) is 53.3 Å². The number of aromatic nitrogens is 1. The van der Waals surface area contributed by atoms with Gasteiger partial charge in [0.1, 0.15) is 5.75 Å². The molecule has 0 N–H and O–H groups in total. The number of piperazine rings is 1. The molecule has 0 bridgehead atoms. The van der Waals surface area contributed by atoms with Gasteiger partial charge in [-0.05, 0) is 38.1 Å².